The van der Waals surface area contributed by atoms with Gasteiger partial charge in [-0.3, -0.25) is 4.79 Å². The Balaban J connectivity index is 2.24. The maximum absolute atomic E-state index is 12.6. The number of rotatable bonds is 9. The van der Waals surface area contributed by atoms with E-state index in [2.05, 4.69) is 20.6 Å². The van der Waals surface area contributed by atoms with Crippen LogP contribution in [0.2, 0.25) is 0 Å². The van der Waals surface area contributed by atoms with Gasteiger partial charge in [0.1, 0.15) is 17.3 Å². The lowest BCUT2D eigenvalue weighted by molar-refractivity contribution is 0.102. The quantitative estimate of drug-likeness (QED) is 0.642. The van der Waals surface area contributed by atoms with Gasteiger partial charge in [-0.15, -0.1) is 0 Å². The van der Waals surface area contributed by atoms with Gasteiger partial charge in [0, 0.05) is 37.5 Å². The molecule has 9 nitrogen and oxygen atoms in total. The number of nitrogens with one attached hydrogen (secondary N) is 2. The Morgan fingerprint density at radius 1 is 1.00 bits per heavy atom. The number of benzene rings is 1. The van der Waals surface area contributed by atoms with Crippen LogP contribution in [0.25, 0.3) is 0 Å². The van der Waals surface area contributed by atoms with Gasteiger partial charge >= 0.3 is 0 Å². The van der Waals surface area contributed by atoms with Crippen molar-refractivity contribution in [2.45, 2.75) is 6.92 Å². The molecule has 2 N–H and O–H groups in total. The zero-order valence-corrected chi connectivity index (χ0v) is 16.1. The third-order valence-electron chi connectivity index (χ3n) is 3.61. The number of hydrogen-bond acceptors (Lipinski definition) is 8. The molecule has 0 fully saturated rings. The van der Waals surface area contributed by atoms with Crippen LogP contribution in [0.4, 0.5) is 11.5 Å². The third-order valence-corrected chi connectivity index (χ3v) is 3.61. The van der Waals surface area contributed by atoms with Crippen LogP contribution in [-0.4, -0.2) is 57.5 Å². The van der Waals surface area contributed by atoms with Crippen molar-refractivity contribution in [1.82, 2.24) is 9.97 Å². The minimum atomic E-state index is -0.385. The molecular weight excluding hydrogens is 352 g/mol. The Kier molecular flexibility index (Phi) is 7.18. The molecule has 27 heavy (non-hydrogen) atoms. The molecule has 146 valence electrons. The molecule has 0 bridgehead atoms. The lowest BCUT2D eigenvalue weighted by atomic mass is 10.2. The summed E-state index contributed by atoms with van der Waals surface area (Å²) in [6.07, 6.45) is 0. The van der Waals surface area contributed by atoms with Gasteiger partial charge in [0.05, 0.1) is 27.9 Å². The van der Waals surface area contributed by atoms with E-state index >= 15 is 0 Å². The summed E-state index contributed by atoms with van der Waals surface area (Å²) in [5.74, 6) is 1.97. The second-order valence-electron chi connectivity index (χ2n) is 5.47. The third kappa shape index (κ3) is 5.20. The fraction of sp³-hybridized carbons (Fsp3) is 0.389. The van der Waals surface area contributed by atoms with Gasteiger partial charge in [-0.05, 0) is 6.92 Å². The largest absolute Gasteiger partial charge is 0.493 e. The number of hydrogen-bond donors (Lipinski definition) is 2. The maximum Gasteiger partial charge on any atom is 0.274 e. The SMILES string of the molecule is COCCNc1cc(C(=O)Nc2cc(OC)c(OC)c(OC)c2)nc(C)n1. The zero-order chi connectivity index (χ0) is 19.8. The molecule has 0 atom stereocenters. The number of nitrogens with zero attached hydrogens (tertiary/aromatic N) is 2. The van der Waals surface area contributed by atoms with E-state index < -0.39 is 0 Å². The maximum atomic E-state index is 12.6. The lowest BCUT2D eigenvalue weighted by Gasteiger charge is -2.14. The average molecular weight is 376 g/mol. The van der Waals surface area contributed by atoms with Crippen molar-refractivity contribution >= 4 is 17.4 Å². The van der Waals surface area contributed by atoms with Gasteiger partial charge in [0.25, 0.3) is 5.91 Å². The second-order valence-corrected chi connectivity index (χ2v) is 5.47. The van der Waals surface area contributed by atoms with Crippen molar-refractivity contribution in [2.24, 2.45) is 0 Å². The number of ether oxygens (including phenoxy) is 4. The van der Waals surface area contributed by atoms with Crippen molar-refractivity contribution in [3.05, 3.63) is 29.7 Å². The molecule has 0 radical (unpaired) electrons. The summed E-state index contributed by atoms with van der Waals surface area (Å²) in [6.45, 7) is 2.81. The highest BCUT2D eigenvalue weighted by Gasteiger charge is 2.16. The summed E-state index contributed by atoms with van der Waals surface area (Å²) in [6, 6.07) is 4.87. The minimum absolute atomic E-state index is 0.233. The summed E-state index contributed by atoms with van der Waals surface area (Å²) < 4.78 is 20.9. The van der Waals surface area contributed by atoms with E-state index in [1.54, 1.807) is 32.2 Å². The standard InChI is InChI=1S/C18H24N4O5/c1-11-20-13(10-16(21-11)19-6-7-24-2)18(23)22-12-8-14(25-3)17(27-5)15(9-12)26-4/h8-10H,6-7H2,1-5H3,(H,22,23)(H,19,20,21). The van der Waals surface area contributed by atoms with E-state index in [-0.39, 0.29) is 11.6 Å². The molecule has 1 aromatic carbocycles. The summed E-state index contributed by atoms with van der Waals surface area (Å²) in [5.41, 5.74) is 0.718. The van der Waals surface area contributed by atoms with Crippen molar-refractivity contribution in [1.29, 1.82) is 0 Å². The van der Waals surface area contributed by atoms with Crippen molar-refractivity contribution < 1.29 is 23.7 Å². The molecule has 0 aliphatic heterocycles. The van der Waals surface area contributed by atoms with E-state index in [4.69, 9.17) is 18.9 Å². The van der Waals surface area contributed by atoms with Crippen LogP contribution >= 0.6 is 0 Å². The van der Waals surface area contributed by atoms with E-state index in [0.29, 0.717) is 47.7 Å². The first-order valence-corrected chi connectivity index (χ1v) is 8.22. The molecule has 0 saturated carbocycles. The first-order valence-electron chi connectivity index (χ1n) is 8.22. The van der Waals surface area contributed by atoms with Crippen LogP contribution in [0, 0.1) is 6.92 Å². The second kappa shape index (κ2) is 9.58. The predicted octanol–water partition coefficient (Wildman–Crippen LogP) is 2.12. The molecule has 2 aromatic rings. The molecule has 0 aliphatic rings. The van der Waals surface area contributed by atoms with Crippen LogP contribution in [0.3, 0.4) is 0 Å². The Labute approximate surface area is 158 Å². The van der Waals surface area contributed by atoms with Gasteiger partial charge in [0.2, 0.25) is 5.75 Å². The molecule has 2 rings (SSSR count). The number of amides is 1. The fourth-order valence-electron chi connectivity index (χ4n) is 2.40. The number of carbonyl (C=O) groups excluding carboxylic acids is 1. The highest BCUT2D eigenvalue weighted by Crippen LogP contribution is 2.40. The predicted molar refractivity (Wildman–Crippen MR) is 101 cm³/mol. The number of aromatic nitrogens is 2. The topological polar surface area (TPSA) is 104 Å². The molecule has 1 amide bonds. The minimum Gasteiger partial charge on any atom is -0.493 e. The van der Waals surface area contributed by atoms with Gasteiger partial charge in [0.15, 0.2) is 11.5 Å². The molecule has 1 aromatic heterocycles. The Morgan fingerprint density at radius 3 is 2.22 bits per heavy atom. The van der Waals surface area contributed by atoms with Crippen LogP contribution in [0.15, 0.2) is 18.2 Å². The Bertz CT molecular complexity index is 772. The van der Waals surface area contributed by atoms with Crippen molar-refractivity contribution in [3.8, 4) is 17.2 Å². The molecule has 1 heterocycles. The monoisotopic (exact) mass is 376 g/mol. The van der Waals surface area contributed by atoms with Crippen LogP contribution in [-0.2, 0) is 4.74 Å². The lowest BCUT2D eigenvalue weighted by Crippen LogP contribution is -2.17. The fourth-order valence-corrected chi connectivity index (χ4v) is 2.40. The van der Waals surface area contributed by atoms with E-state index in [1.165, 1.54) is 21.3 Å². The number of carbonyl (C=O) groups is 1. The Morgan fingerprint density at radius 2 is 1.67 bits per heavy atom. The molecular formula is C18H24N4O5. The smallest absolute Gasteiger partial charge is 0.274 e. The summed E-state index contributed by atoms with van der Waals surface area (Å²) >= 11 is 0. The summed E-state index contributed by atoms with van der Waals surface area (Å²) in [7, 11) is 6.15. The molecule has 0 aliphatic carbocycles. The molecule has 9 heteroatoms. The molecule has 0 saturated heterocycles. The van der Waals surface area contributed by atoms with Crippen LogP contribution < -0.4 is 24.8 Å². The van der Waals surface area contributed by atoms with Gasteiger partial charge < -0.3 is 29.6 Å². The highest BCUT2D eigenvalue weighted by molar-refractivity contribution is 6.03. The van der Waals surface area contributed by atoms with E-state index in [0.717, 1.165) is 0 Å². The number of methoxy groups -OCH3 is 4. The molecule has 0 spiro atoms. The van der Waals surface area contributed by atoms with Gasteiger partial charge in [-0.25, -0.2) is 9.97 Å². The zero-order valence-electron chi connectivity index (χ0n) is 16.1. The normalized spacial score (nSPS) is 10.3. The first kappa shape index (κ1) is 20.2. The molecule has 0 unspecified atom stereocenters. The van der Waals surface area contributed by atoms with Crippen LogP contribution in [0.1, 0.15) is 16.3 Å². The highest BCUT2D eigenvalue weighted by atomic mass is 16.5. The first-order chi connectivity index (χ1) is 13.0. The summed E-state index contributed by atoms with van der Waals surface area (Å²) in [5, 5.41) is 5.87. The van der Waals surface area contributed by atoms with Gasteiger partial charge in [-0.2, -0.15) is 0 Å². The van der Waals surface area contributed by atoms with E-state index in [9.17, 15) is 4.79 Å². The Hall–Kier alpha value is -3.07. The average Bonchev–Trinajstić information content (AvgIpc) is 2.66. The summed E-state index contributed by atoms with van der Waals surface area (Å²) in [4.78, 5) is 21.1. The van der Waals surface area contributed by atoms with Gasteiger partial charge in [-0.1, -0.05) is 0 Å². The van der Waals surface area contributed by atoms with Crippen molar-refractivity contribution in [2.75, 3.05) is 52.2 Å². The van der Waals surface area contributed by atoms with E-state index in [1.807, 2.05) is 0 Å². The number of anilines is 2. The number of aryl methyl sites for hydroxylation is 1. The van der Waals surface area contributed by atoms with Crippen LogP contribution in [0.5, 0.6) is 17.2 Å². The van der Waals surface area contributed by atoms with Crippen molar-refractivity contribution in [3.63, 3.8) is 0 Å².